The van der Waals surface area contributed by atoms with Crippen molar-refractivity contribution in [2.45, 2.75) is 13.0 Å². The Bertz CT molecular complexity index is 1100. The normalized spacial score (nSPS) is 17.6. The van der Waals surface area contributed by atoms with Crippen LogP contribution in [0.25, 0.3) is 5.69 Å². The van der Waals surface area contributed by atoms with Crippen LogP contribution in [0.5, 0.6) is 11.5 Å². The SMILES string of the molecule is O=C(NCc1ccc(-n2cccn2)cc1)C1CC(=O)N(c2ccc3c(c2)OCCO3)C1. The van der Waals surface area contributed by atoms with E-state index >= 15 is 0 Å². The molecule has 3 aromatic rings. The summed E-state index contributed by atoms with van der Waals surface area (Å²) in [7, 11) is 0. The molecule has 2 amide bonds. The first-order valence-corrected chi connectivity index (χ1v) is 10.2. The van der Waals surface area contributed by atoms with Crippen molar-refractivity contribution < 1.29 is 19.1 Å². The summed E-state index contributed by atoms with van der Waals surface area (Å²) in [6.45, 7) is 1.76. The fourth-order valence-corrected chi connectivity index (χ4v) is 3.85. The molecular formula is C23H22N4O4. The molecule has 0 radical (unpaired) electrons. The minimum Gasteiger partial charge on any atom is -0.486 e. The molecular weight excluding hydrogens is 396 g/mol. The molecule has 1 unspecified atom stereocenters. The molecule has 1 N–H and O–H groups in total. The third-order valence-corrected chi connectivity index (χ3v) is 5.51. The summed E-state index contributed by atoms with van der Waals surface area (Å²) in [6.07, 6.45) is 3.80. The fourth-order valence-electron chi connectivity index (χ4n) is 3.85. The number of hydrogen-bond acceptors (Lipinski definition) is 5. The number of carbonyl (C=O) groups excluding carboxylic acids is 2. The van der Waals surface area contributed by atoms with Crippen LogP contribution in [-0.2, 0) is 16.1 Å². The summed E-state index contributed by atoms with van der Waals surface area (Å²) in [4.78, 5) is 26.9. The Labute approximate surface area is 179 Å². The molecule has 1 atom stereocenters. The van der Waals surface area contributed by atoms with Crippen LogP contribution in [0, 0.1) is 5.92 Å². The van der Waals surface area contributed by atoms with Gasteiger partial charge in [-0.05, 0) is 35.9 Å². The molecule has 158 valence electrons. The summed E-state index contributed by atoms with van der Waals surface area (Å²) < 4.78 is 12.9. The Morgan fingerprint density at radius 3 is 2.61 bits per heavy atom. The van der Waals surface area contributed by atoms with Gasteiger partial charge in [-0.3, -0.25) is 9.59 Å². The molecule has 0 spiro atoms. The molecule has 0 saturated carbocycles. The van der Waals surface area contributed by atoms with Gasteiger partial charge in [-0.25, -0.2) is 4.68 Å². The van der Waals surface area contributed by atoms with Gasteiger partial charge in [0.25, 0.3) is 0 Å². The third-order valence-electron chi connectivity index (χ3n) is 5.51. The van der Waals surface area contributed by atoms with Crippen LogP contribution in [-0.4, -0.2) is 41.4 Å². The van der Waals surface area contributed by atoms with Crippen molar-refractivity contribution >= 4 is 17.5 Å². The van der Waals surface area contributed by atoms with Crippen molar-refractivity contribution in [2.24, 2.45) is 5.92 Å². The maximum Gasteiger partial charge on any atom is 0.227 e. The Morgan fingerprint density at radius 2 is 1.84 bits per heavy atom. The van der Waals surface area contributed by atoms with E-state index in [1.54, 1.807) is 27.9 Å². The lowest BCUT2D eigenvalue weighted by atomic mass is 10.1. The van der Waals surface area contributed by atoms with Gasteiger partial charge in [-0.2, -0.15) is 5.10 Å². The maximum atomic E-state index is 12.7. The number of aromatic nitrogens is 2. The first kappa shape index (κ1) is 19.2. The second-order valence-electron chi connectivity index (χ2n) is 7.57. The van der Waals surface area contributed by atoms with Crippen LogP contribution in [0.1, 0.15) is 12.0 Å². The summed E-state index contributed by atoms with van der Waals surface area (Å²) in [6, 6.07) is 15.1. The number of amides is 2. The summed E-state index contributed by atoms with van der Waals surface area (Å²) in [5, 5.41) is 7.15. The van der Waals surface area contributed by atoms with Crippen LogP contribution in [0.4, 0.5) is 5.69 Å². The number of nitrogens with zero attached hydrogens (tertiary/aromatic N) is 3. The smallest absolute Gasteiger partial charge is 0.227 e. The molecule has 8 heteroatoms. The summed E-state index contributed by atoms with van der Waals surface area (Å²) in [5.41, 5.74) is 2.66. The molecule has 2 aliphatic rings. The molecule has 1 saturated heterocycles. The fraction of sp³-hybridized carbons (Fsp3) is 0.261. The van der Waals surface area contributed by atoms with E-state index in [2.05, 4.69) is 10.4 Å². The van der Waals surface area contributed by atoms with Crippen molar-refractivity contribution in [3.8, 4) is 17.2 Å². The van der Waals surface area contributed by atoms with Gasteiger partial charge in [-0.15, -0.1) is 0 Å². The van der Waals surface area contributed by atoms with E-state index in [4.69, 9.17) is 9.47 Å². The van der Waals surface area contributed by atoms with Gasteiger partial charge in [-0.1, -0.05) is 12.1 Å². The average Bonchev–Trinajstić information content (AvgIpc) is 3.48. The number of rotatable bonds is 5. The predicted octanol–water partition coefficient (Wildman–Crippen LogP) is 2.31. The van der Waals surface area contributed by atoms with E-state index in [0.29, 0.717) is 37.8 Å². The van der Waals surface area contributed by atoms with Crippen molar-refractivity contribution in [3.05, 3.63) is 66.5 Å². The predicted molar refractivity (Wildman–Crippen MR) is 113 cm³/mol. The largest absolute Gasteiger partial charge is 0.486 e. The van der Waals surface area contributed by atoms with Gasteiger partial charge in [0.05, 0.1) is 11.6 Å². The van der Waals surface area contributed by atoms with Gasteiger partial charge < -0.3 is 19.7 Å². The lowest BCUT2D eigenvalue weighted by Gasteiger charge is -2.22. The molecule has 2 aliphatic heterocycles. The minimum atomic E-state index is -0.385. The highest BCUT2D eigenvalue weighted by atomic mass is 16.6. The molecule has 1 fully saturated rings. The van der Waals surface area contributed by atoms with Crippen LogP contribution in [0.3, 0.4) is 0 Å². The first-order chi connectivity index (χ1) is 15.2. The van der Waals surface area contributed by atoms with Crippen molar-refractivity contribution in [3.63, 3.8) is 0 Å². The number of carbonyl (C=O) groups is 2. The molecule has 1 aromatic heterocycles. The number of benzene rings is 2. The second-order valence-corrected chi connectivity index (χ2v) is 7.57. The van der Waals surface area contributed by atoms with Crippen LogP contribution >= 0.6 is 0 Å². The van der Waals surface area contributed by atoms with E-state index in [1.807, 2.05) is 42.6 Å². The number of fused-ring (bicyclic) bond motifs is 1. The highest BCUT2D eigenvalue weighted by Gasteiger charge is 2.35. The topological polar surface area (TPSA) is 85.7 Å². The molecule has 31 heavy (non-hydrogen) atoms. The highest BCUT2D eigenvalue weighted by Crippen LogP contribution is 2.36. The third kappa shape index (κ3) is 3.96. The number of ether oxygens (including phenoxy) is 2. The van der Waals surface area contributed by atoms with Crippen molar-refractivity contribution in [1.82, 2.24) is 15.1 Å². The van der Waals surface area contributed by atoms with Gasteiger partial charge in [0.1, 0.15) is 13.2 Å². The Kier molecular flexibility index (Phi) is 5.03. The minimum absolute atomic E-state index is 0.0691. The molecule has 5 rings (SSSR count). The molecule has 8 nitrogen and oxygen atoms in total. The van der Waals surface area contributed by atoms with Crippen molar-refractivity contribution in [2.75, 3.05) is 24.7 Å². The number of anilines is 1. The molecule has 0 bridgehead atoms. The van der Waals surface area contributed by atoms with E-state index < -0.39 is 0 Å². The van der Waals surface area contributed by atoms with Gasteiger partial charge in [0.15, 0.2) is 11.5 Å². The zero-order valence-corrected chi connectivity index (χ0v) is 16.9. The average molecular weight is 418 g/mol. The Morgan fingerprint density at radius 1 is 1.06 bits per heavy atom. The van der Waals surface area contributed by atoms with Crippen LogP contribution in [0.2, 0.25) is 0 Å². The zero-order chi connectivity index (χ0) is 21.2. The molecule has 2 aromatic carbocycles. The van der Waals surface area contributed by atoms with E-state index in [0.717, 1.165) is 16.9 Å². The molecule has 3 heterocycles. The zero-order valence-electron chi connectivity index (χ0n) is 16.9. The van der Waals surface area contributed by atoms with E-state index in [-0.39, 0.29) is 24.2 Å². The first-order valence-electron chi connectivity index (χ1n) is 10.2. The standard InChI is InChI=1S/C23H22N4O4/c28-22-12-17(15-26(22)19-6-7-20-21(13-19)31-11-10-30-20)23(29)24-14-16-2-4-18(5-3-16)27-9-1-8-25-27/h1-9,13,17H,10-12,14-15H2,(H,24,29). The van der Waals surface area contributed by atoms with Crippen LogP contribution < -0.4 is 19.7 Å². The Balaban J connectivity index is 1.19. The maximum absolute atomic E-state index is 12.7. The van der Waals surface area contributed by atoms with E-state index in [9.17, 15) is 9.59 Å². The molecule has 0 aliphatic carbocycles. The van der Waals surface area contributed by atoms with Gasteiger partial charge in [0, 0.05) is 43.7 Å². The number of nitrogens with one attached hydrogen (secondary N) is 1. The van der Waals surface area contributed by atoms with Gasteiger partial charge >= 0.3 is 0 Å². The van der Waals surface area contributed by atoms with Crippen LogP contribution in [0.15, 0.2) is 60.9 Å². The van der Waals surface area contributed by atoms with Crippen molar-refractivity contribution in [1.29, 1.82) is 0 Å². The number of hydrogen-bond donors (Lipinski definition) is 1. The highest BCUT2D eigenvalue weighted by molar-refractivity contribution is 6.00. The van der Waals surface area contributed by atoms with Gasteiger partial charge in [0.2, 0.25) is 11.8 Å². The second kappa shape index (κ2) is 8.14. The monoisotopic (exact) mass is 418 g/mol. The summed E-state index contributed by atoms with van der Waals surface area (Å²) >= 11 is 0. The lowest BCUT2D eigenvalue weighted by molar-refractivity contribution is -0.126. The quantitative estimate of drug-likeness (QED) is 0.687. The van der Waals surface area contributed by atoms with E-state index in [1.165, 1.54) is 0 Å². The lowest BCUT2D eigenvalue weighted by Crippen LogP contribution is -2.32. The Hall–Kier alpha value is -3.81. The summed E-state index contributed by atoms with van der Waals surface area (Å²) in [5.74, 6) is 0.728.